The largest absolute Gasteiger partial charge is 0.356 e. The molecule has 0 aliphatic carbocycles. The molecule has 1 aromatic carbocycles. The Morgan fingerprint density at radius 3 is 2.15 bits per heavy atom. The molecule has 0 aromatic heterocycles. The number of carbonyl (C=O) groups excluding carboxylic acids is 2. The summed E-state index contributed by atoms with van der Waals surface area (Å²) < 4.78 is 23.3. The number of benzene rings is 1. The molecule has 0 bridgehead atoms. The van der Waals surface area contributed by atoms with E-state index in [1.807, 2.05) is 6.92 Å². The minimum absolute atomic E-state index is 0.351. The lowest BCUT2D eigenvalue weighted by molar-refractivity contribution is -0.118. The van der Waals surface area contributed by atoms with E-state index < -0.39 is 33.2 Å². The van der Waals surface area contributed by atoms with Gasteiger partial charge in [0.25, 0.3) is 0 Å². The molecule has 0 saturated heterocycles. The lowest BCUT2D eigenvalue weighted by Gasteiger charge is -2.07. The van der Waals surface area contributed by atoms with Gasteiger partial charge >= 0.3 is 0 Å². The van der Waals surface area contributed by atoms with Crippen molar-refractivity contribution in [2.75, 3.05) is 23.4 Å². The lowest BCUT2D eigenvalue weighted by atomic mass is 10.2. The highest BCUT2D eigenvalue weighted by atomic mass is 32.2. The van der Waals surface area contributed by atoms with Crippen LogP contribution in [0.5, 0.6) is 0 Å². The third-order valence-electron chi connectivity index (χ3n) is 2.41. The SMILES string of the molecule is CCNC(=O)CS(=O)(=O)CC(=O)Nc1ccc(C)cc1. The Labute approximate surface area is 118 Å². The van der Waals surface area contributed by atoms with Gasteiger partial charge in [0, 0.05) is 12.2 Å². The van der Waals surface area contributed by atoms with Gasteiger partial charge in [0.05, 0.1) is 0 Å². The Hall–Kier alpha value is -1.89. The van der Waals surface area contributed by atoms with E-state index in [-0.39, 0.29) is 0 Å². The Balaban J connectivity index is 2.57. The summed E-state index contributed by atoms with van der Waals surface area (Å²) in [4.78, 5) is 22.8. The molecule has 110 valence electrons. The number of hydrogen-bond donors (Lipinski definition) is 2. The summed E-state index contributed by atoms with van der Waals surface area (Å²) in [7, 11) is -3.75. The van der Waals surface area contributed by atoms with E-state index >= 15 is 0 Å². The highest BCUT2D eigenvalue weighted by molar-refractivity contribution is 7.92. The average Bonchev–Trinajstić information content (AvgIpc) is 2.30. The molecule has 0 spiro atoms. The van der Waals surface area contributed by atoms with Crippen LogP contribution in [0.25, 0.3) is 0 Å². The Morgan fingerprint density at radius 1 is 1.05 bits per heavy atom. The zero-order chi connectivity index (χ0) is 15.2. The first-order chi connectivity index (χ1) is 9.32. The summed E-state index contributed by atoms with van der Waals surface area (Å²) in [5, 5.41) is 4.86. The molecule has 0 aliphatic heterocycles. The van der Waals surface area contributed by atoms with Crippen molar-refractivity contribution in [3.8, 4) is 0 Å². The predicted octanol–water partition coefficient (Wildman–Crippen LogP) is 0.484. The van der Waals surface area contributed by atoms with E-state index in [2.05, 4.69) is 10.6 Å². The van der Waals surface area contributed by atoms with Crippen molar-refractivity contribution >= 4 is 27.3 Å². The highest BCUT2D eigenvalue weighted by Gasteiger charge is 2.20. The van der Waals surface area contributed by atoms with Crippen LogP contribution in [0.15, 0.2) is 24.3 Å². The van der Waals surface area contributed by atoms with Crippen LogP contribution in [0.2, 0.25) is 0 Å². The summed E-state index contributed by atoms with van der Waals surface area (Å²) in [6, 6.07) is 6.98. The van der Waals surface area contributed by atoms with Crippen LogP contribution in [0.1, 0.15) is 12.5 Å². The molecule has 0 atom stereocenters. The van der Waals surface area contributed by atoms with Crippen LogP contribution < -0.4 is 10.6 Å². The van der Waals surface area contributed by atoms with Crippen molar-refractivity contribution in [1.82, 2.24) is 5.32 Å². The van der Waals surface area contributed by atoms with Gasteiger partial charge in [-0.3, -0.25) is 9.59 Å². The maximum atomic E-state index is 11.6. The normalized spacial score (nSPS) is 10.9. The van der Waals surface area contributed by atoms with Crippen molar-refractivity contribution in [2.24, 2.45) is 0 Å². The fraction of sp³-hybridized carbons (Fsp3) is 0.385. The number of carbonyl (C=O) groups is 2. The summed E-state index contributed by atoms with van der Waals surface area (Å²) in [5.41, 5.74) is 1.56. The molecular formula is C13H18N2O4S. The Kier molecular flexibility index (Phi) is 5.69. The highest BCUT2D eigenvalue weighted by Crippen LogP contribution is 2.08. The molecule has 20 heavy (non-hydrogen) atoms. The fourth-order valence-electron chi connectivity index (χ4n) is 1.53. The van der Waals surface area contributed by atoms with E-state index in [4.69, 9.17) is 0 Å². The quantitative estimate of drug-likeness (QED) is 0.799. The van der Waals surface area contributed by atoms with Gasteiger partial charge in [-0.25, -0.2) is 8.42 Å². The van der Waals surface area contributed by atoms with Crippen molar-refractivity contribution in [2.45, 2.75) is 13.8 Å². The Morgan fingerprint density at radius 2 is 1.60 bits per heavy atom. The molecule has 0 aliphatic rings. The first kappa shape index (κ1) is 16.2. The van der Waals surface area contributed by atoms with E-state index in [0.717, 1.165) is 5.56 Å². The average molecular weight is 298 g/mol. The van der Waals surface area contributed by atoms with Gasteiger partial charge in [0.15, 0.2) is 9.84 Å². The van der Waals surface area contributed by atoms with Crippen molar-refractivity contribution < 1.29 is 18.0 Å². The lowest BCUT2D eigenvalue weighted by Crippen LogP contribution is -2.33. The molecule has 0 saturated carbocycles. The second kappa shape index (κ2) is 7.04. The number of nitrogens with one attached hydrogen (secondary N) is 2. The van der Waals surface area contributed by atoms with Crippen LogP contribution in [0.4, 0.5) is 5.69 Å². The molecule has 2 N–H and O–H groups in total. The first-order valence-corrected chi connectivity index (χ1v) is 7.98. The molecule has 2 amide bonds. The van der Waals surface area contributed by atoms with Crippen LogP contribution in [-0.2, 0) is 19.4 Å². The molecule has 0 heterocycles. The van der Waals surface area contributed by atoms with Crippen molar-refractivity contribution in [1.29, 1.82) is 0 Å². The smallest absolute Gasteiger partial charge is 0.239 e. The third-order valence-corrected chi connectivity index (χ3v) is 3.82. The number of rotatable bonds is 6. The second-order valence-electron chi connectivity index (χ2n) is 4.40. The summed E-state index contributed by atoms with van der Waals surface area (Å²) in [6.07, 6.45) is 0. The molecule has 1 rings (SSSR count). The van der Waals surface area contributed by atoms with Gasteiger partial charge in [0.2, 0.25) is 11.8 Å². The zero-order valence-electron chi connectivity index (χ0n) is 11.5. The predicted molar refractivity (Wildman–Crippen MR) is 77.1 cm³/mol. The summed E-state index contributed by atoms with van der Waals surface area (Å²) in [5.74, 6) is -2.64. The number of aryl methyl sites for hydroxylation is 1. The Bertz CT molecular complexity index is 579. The minimum Gasteiger partial charge on any atom is -0.356 e. The molecular weight excluding hydrogens is 280 g/mol. The fourth-order valence-corrected chi connectivity index (χ4v) is 2.61. The van der Waals surface area contributed by atoms with Crippen molar-refractivity contribution in [3.63, 3.8) is 0 Å². The number of sulfone groups is 1. The van der Waals surface area contributed by atoms with Gasteiger partial charge in [-0.1, -0.05) is 17.7 Å². The molecule has 7 heteroatoms. The second-order valence-corrected chi connectivity index (χ2v) is 6.46. The van der Waals surface area contributed by atoms with Crippen LogP contribution in [0, 0.1) is 6.92 Å². The maximum Gasteiger partial charge on any atom is 0.239 e. The number of anilines is 1. The van der Waals surface area contributed by atoms with Gasteiger partial charge in [-0.2, -0.15) is 0 Å². The molecule has 1 aromatic rings. The number of amides is 2. The third kappa shape index (κ3) is 5.83. The molecule has 0 radical (unpaired) electrons. The zero-order valence-corrected chi connectivity index (χ0v) is 12.3. The van der Waals surface area contributed by atoms with Gasteiger partial charge in [0.1, 0.15) is 11.5 Å². The van der Waals surface area contributed by atoms with Gasteiger partial charge in [-0.05, 0) is 26.0 Å². The first-order valence-electron chi connectivity index (χ1n) is 6.16. The summed E-state index contributed by atoms with van der Waals surface area (Å²) in [6.45, 7) is 3.95. The number of hydrogen-bond acceptors (Lipinski definition) is 4. The van der Waals surface area contributed by atoms with Gasteiger partial charge in [-0.15, -0.1) is 0 Å². The molecule has 0 unspecified atom stereocenters. The van der Waals surface area contributed by atoms with Gasteiger partial charge < -0.3 is 10.6 Å². The monoisotopic (exact) mass is 298 g/mol. The van der Waals surface area contributed by atoms with E-state index in [0.29, 0.717) is 12.2 Å². The van der Waals surface area contributed by atoms with E-state index in [9.17, 15) is 18.0 Å². The molecule has 6 nitrogen and oxygen atoms in total. The van der Waals surface area contributed by atoms with E-state index in [1.54, 1.807) is 31.2 Å². The van der Waals surface area contributed by atoms with Crippen LogP contribution in [0.3, 0.4) is 0 Å². The molecule has 0 fully saturated rings. The minimum atomic E-state index is -3.75. The van der Waals surface area contributed by atoms with Crippen molar-refractivity contribution in [3.05, 3.63) is 29.8 Å². The standard InChI is InChI=1S/C13H18N2O4S/c1-3-14-12(16)8-20(18,19)9-13(17)15-11-6-4-10(2)5-7-11/h4-7H,3,8-9H2,1-2H3,(H,14,16)(H,15,17). The summed E-state index contributed by atoms with van der Waals surface area (Å²) >= 11 is 0. The maximum absolute atomic E-state index is 11.6. The van der Waals surface area contributed by atoms with Crippen LogP contribution >= 0.6 is 0 Å². The van der Waals surface area contributed by atoms with Crippen LogP contribution in [-0.4, -0.2) is 38.3 Å². The topological polar surface area (TPSA) is 92.3 Å². The van der Waals surface area contributed by atoms with E-state index in [1.165, 1.54) is 0 Å².